The second kappa shape index (κ2) is 7.36. The molecule has 8 heteroatoms. The third-order valence-electron chi connectivity index (χ3n) is 3.51. The Labute approximate surface area is 161 Å². The molecule has 0 atom stereocenters. The Morgan fingerprint density at radius 2 is 1.88 bits per heavy atom. The molecule has 25 heavy (non-hydrogen) atoms. The zero-order valence-electron chi connectivity index (χ0n) is 12.7. The minimum absolute atomic E-state index is 0.0631. The lowest BCUT2D eigenvalue weighted by Crippen LogP contribution is -2.27. The van der Waals surface area contributed by atoms with E-state index in [1.165, 1.54) is 23.1 Å². The number of amides is 2. The summed E-state index contributed by atoms with van der Waals surface area (Å²) in [6.07, 6.45) is 1.51. The van der Waals surface area contributed by atoms with E-state index in [0.29, 0.717) is 5.56 Å². The molecule has 0 aliphatic carbocycles. The van der Waals surface area contributed by atoms with Crippen molar-refractivity contribution in [1.82, 2.24) is 4.90 Å². The summed E-state index contributed by atoms with van der Waals surface area (Å²) in [5.41, 5.74) is 1.31. The van der Waals surface area contributed by atoms with Gasteiger partial charge in [-0.15, -0.1) is 0 Å². The highest BCUT2D eigenvalue weighted by atomic mass is 127. The number of non-ortho nitro benzene ring substituents is 1. The number of nitro groups is 1. The smallest absolute Gasteiger partial charge is 0.268 e. The SMILES string of the molecule is O=C1S/C(=C\c2cccc([N+](=O)[O-])c2)C(=O)N1Cc1ccc(I)cc1. The predicted molar refractivity (Wildman–Crippen MR) is 104 cm³/mol. The lowest BCUT2D eigenvalue weighted by molar-refractivity contribution is -0.384. The van der Waals surface area contributed by atoms with Gasteiger partial charge >= 0.3 is 0 Å². The average Bonchev–Trinajstić information content (AvgIpc) is 2.84. The summed E-state index contributed by atoms with van der Waals surface area (Å²) < 4.78 is 1.07. The molecule has 2 amide bonds. The molecular formula is C17H11IN2O4S. The Morgan fingerprint density at radius 1 is 1.16 bits per heavy atom. The molecule has 0 bridgehead atoms. The molecule has 2 aromatic carbocycles. The van der Waals surface area contributed by atoms with Gasteiger partial charge in [-0.3, -0.25) is 24.6 Å². The number of carbonyl (C=O) groups is 2. The minimum Gasteiger partial charge on any atom is -0.268 e. The number of hydrogen-bond donors (Lipinski definition) is 0. The van der Waals surface area contributed by atoms with Crippen LogP contribution in [0.3, 0.4) is 0 Å². The van der Waals surface area contributed by atoms with E-state index < -0.39 is 4.92 Å². The summed E-state index contributed by atoms with van der Waals surface area (Å²) in [6, 6.07) is 13.5. The number of nitrogens with zero attached hydrogens (tertiary/aromatic N) is 2. The molecule has 0 aromatic heterocycles. The van der Waals surface area contributed by atoms with Gasteiger partial charge in [-0.1, -0.05) is 24.3 Å². The Kier molecular flexibility index (Phi) is 5.19. The third kappa shape index (κ3) is 4.07. The molecular weight excluding hydrogens is 455 g/mol. The first kappa shape index (κ1) is 17.6. The predicted octanol–water partition coefficient (Wildman–Crippen LogP) is 4.44. The average molecular weight is 466 g/mol. The Morgan fingerprint density at radius 3 is 2.56 bits per heavy atom. The molecule has 0 N–H and O–H groups in total. The summed E-state index contributed by atoms with van der Waals surface area (Å²) in [6.45, 7) is 0.202. The van der Waals surface area contributed by atoms with Crippen LogP contribution in [0.1, 0.15) is 11.1 Å². The van der Waals surface area contributed by atoms with Gasteiger partial charge in [0.1, 0.15) is 0 Å². The van der Waals surface area contributed by atoms with Crippen molar-refractivity contribution in [1.29, 1.82) is 0 Å². The molecule has 2 aromatic rings. The highest BCUT2D eigenvalue weighted by Crippen LogP contribution is 2.33. The molecule has 1 aliphatic rings. The molecule has 0 spiro atoms. The van der Waals surface area contributed by atoms with Gasteiger partial charge in [-0.25, -0.2) is 0 Å². The molecule has 3 rings (SSSR count). The summed E-state index contributed by atoms with van der Waals surface area (Å²) >= 11 is 3.02. The maximum Gasteiger partial charge on any atom is 0.293 e. The molecule has 6 nitrogen and oxygen atoms in total. The molecule has 0 saturated carbocycles. The van der Waals surface area contributed by atoms with Gasteiger partial charge in [0.25, 0.3) is 16.8 Å². The Bertz CT molecular complexity index is 896. The van der Waals surface area contributed by atoms with Crippen molar-refractivity contribution in [3.05, 3.63) is 78.2 Å². The largest absolute Gasteiger partial charge is 0.293 e. The van der Waals surface area contributed by atoms with E-state index in [0.717, 1.165) is 20.9 Å². The zero-order chi connectivity index (χ0) is 18.0. The fraction of sp³-hybridized carbons (Fsp3) is 0.0588. The quantitative estimate of drug-likeness (QED) is 0.288. The first-order chi connectivity index (χ1) is 11.9. The molecule has 0 unspecified atom stereocenters. The Balaban J connectivity index is 1.82. The fourth-order valence-corrected chi connectivity index (χ4v) is 3.49. The Hall–Kier alpha value is -2.20. The van der Waals surface area contributed by atoms with E-state index in [2.05, 4.69) is 22.6 Å². The monoisotopic (exact) mass is 466 g/mol. The summed E-state index contributed by atoms with van der Waals surface area (Å²) in [4.78, 5) is 36.4. The van der Waals surface area contributed by atoms with Gasteiger partial charge in [-0.2, -0.15) is 0 Å². The van der Waals surface area contributed by atoms with Crippen LogP contribution < -0.4 is 0 Å². The van der Waals surface area contributed by atoms with Crippen molar-refractivity contribution in [2.45, 2.75) is 6.54 Å². The highest BCUT2D eigenvalue weighted by molar-refractivity contribution is 14.1. The minimum atomic E-state index is -0.500. The summed E-state index contributed by atoms with van der Waals surface area (Å²) in [5, 5.41) is 10.5. The third-order valence-corrected chi connectivity index (χ3v) is 5.13. The van der Waals surface area contributed by atoms with Crippen molar-refractivity contribution in [2.24, 2.45) is 0 Å². The van der Waals surface area contributed by atoms with Crippen molar-refractivity contribution in [3.63, 3.8) is 0 Å². The van der Waals surface area contributed by atoms with Crippen LogP contribution in [0.5, 0.6) is 0 Å². The lowest BCUT2D eigenvalue weighted by atomic mass is 10.2. The number of rotatable bonds is 4. The molecule has 1 aliphatic heterocycles. The number of carbonyl (C=O) groups excluding carboxylic acids is 2. The molecule has 0 radical (unpaired) electrons. The van der Waals surface area contributed by atoms with Crippen LogP contribution in [-0.2, 0) is 11.3 Å². The summed E-state index contributed by atoms with van der Waals surface area (Å²) in [5.74, 6) is -0.389. The number of hydrogen-bond acceptors (Lipinski definition) is 5. The van der Waals surface area contributed by atoms with Crippen LogP contribution in [0.15, 0.2) is 53.4 Å². The maximum atomic E-state index is 12.5. The lowest BCUT2D eigenvalue weighted by Gasteiger charge is -2.12. The van der Waals surface area contributed by atoms with E-state index >= 15 is 0 Å². The standard InChI is InChI=1S/C17H11IN2O4S/c18-13-6-4-11(5-7-13)10-19-16(21)15(25-17(19)22)9-12-2-1-3-14(8-12)20(23)24/h1-9H,10H2/b15-9-. The molecule has 126 valence electrons. The van der Waals surface area contributed by atoms with Crippen molar-refractivity contribution < 1.29 is 14.5 Å². The molecule has 1 saturated heterocycles. The number of nitro benzene ring substituents is 1. The van der Waals surface area contributed by atoms with Crippen LogP contribution in [-0.4, -0.2) is 21.0 Å². The van der Waals surface area contributed by atoms with Crippen LogP contribution in [0.4, 0.5) is 10.5 Å². The second-order valence-electron chi connectivity index (χ2n) is 5.25. The van der Waals surface area contributed by atoms with E-state index in [1.54, 1.807) is 12.1 Å². The fourth-order valence-electron chi connectivity index (χ4n) is 2.29. The van der Waals surface area contributed by atoms with Gasteiger partial charge < -0.3 is 0 Å². The number of imide groups is 1. The van der Waals surface area contributed by atoms with E-state index in [9.17, 15) is 19.7 Å². The molecule has 1 fully saturated rings. The van der Waals surface area contributed by atoms with Crippen LogP contribution in [0.25, 0.3) is 6.08 Å². The topological polar surface area (TPSA) is 80.5 Å². The molecule has 1 heterocycles. The zero-order valence-corrected chi connectivity index (χ0v) is 15.7. The number of halogens is 1. The first-order valence-corrected chi connectivity index (χ1v) is 9.08. The van der Waals surface area contributed by atoms with E-state index in [1.807, 2.05) is 24.3 Å². The first-order valence-electron chi connectivity index (χ1n) is 7.18. The second-order valence-corrected chi connectivity index (χ2v) is 7.49. The van der Waals surface area contributed by atoms with Gasteiger partial charge in [0.05, 0.1) is 16.4 Å². The number of benzene rings is 2. The van der Waals surface area contributed by atoms with Crippen LogP contribution in [0, 0.1) is 13.7 Å². The highest BCUT2D eigenvalue weighted by Gasteiger charge is 2.35. The van der Waals surface area contributed by atoms with E-state index in [-0.39, 0.29) is 28.3 Å². The van der Waals surface area contributed by atoms with Gasteiger partial charge in [0, 0.05) is 15.7 Å². The van der Waals surface area contributed by atoms with E-state index in [4.69, 9.17) is 0 Å². The number of thioether (sulfide) groups is 1. The maximum absolute atomic E-state index is 12.5. The van der Waals surface area contributed by atoms with Crippen LogP contribution >= 0.6 is 34.4 Å². The van der Waals surface area contributed by atoms with Gasteiger partial charge in [0.15, 0.2) is 0 Å². The summed E-state index contributed by atoms with van der Waals surface area (Å²) in [7, 11) is 0. The normalized spacial score (nSPS) is 15.9. The van der Waals surface area contributed by atoms with Crippen molar-refractivity contribution >= 4 is 57.3 Å². The van der Waals surface area contributed by atoms with Gasteiger partial charge in [-0.05, 0) is 63.7 Å². The van der Waals surface area contributed by atoms with Gasteiger partial charge in [0.2, 0.25) is 0 Å². The van der Waals surface area contributed by atoms with Crippen molar-refractivity contribution in [3.8, 4) is 0 Å². The van der Waals surface area contributed by atoms with Crippen molar-refractivity contribution in [2.75, 3.05) is 0 Å². The van der Waals surface area contributed by atoms with Crippen LogP contribution in [0.2, 0.25) is 0 Å².